The molecule has 0 saturated carbocycles. The number of hydrogen-bond acceptors (Lipinski definition) is 4. The second-order valence-electron chi connectivity index (χ2n) is 5.50. The number of aromatic nitrogens is 2. The number of carbonyl (C=O) groups excluding carboxylic acids is 1. The highest BCUT2D eigenvalue weighted by molar-refractivity contribution is 6.10. The Kier molecular flexibility index (Phi) is 4.04. The Bertz CT molecular complexity index is 500. The molecule has 2 rings (SSSR count). The maximum Gasteiger partial charge on any atom is 0.193 e. The highest BCUT2D eigenvalue weighted by Gasteiger charge is 2.25. The summed E-state index contributed by atoms with van der Waals surface area (Å²) in [4.78, 5) is 16.4. The fraction of sp³-hybridized carbons (Fsp3) is 0.571. The fourth-order valence-electron chi connectivity index (χ4n) is 2.23. The third-order valence-electron chi connectivity index (χ3n) is 3.20. The molecule has 0 radical (unpaired) electrons. The first-order valence-electron chi connectivity index (χ1n) is 6.60. The van der Waals surface area contributed by atoms with Crippen molar-refractivity contribution < 1.29 is 4.79 Å². The van der Waals surface area contributed by atoms with Crippen LogP contribution in [0.25, 0.3) is 0 Å². The predicted molar refractivity (Wildman–Crippen MR) is 75.2 cm³/mol. The van der Waals surface area contributed by atoms with Crippen LogP contribution < -0.4 is 0 Å². The van der Waals surface area contributed by atoms with E-state index in [1.54, 1.807) is 0 Å². The Balaban J connectivity index is 2.18. The minimum absolute atomic E-state index is 0.131. The highest BCUT2D eigenvalue weighted by atomic mass is 16.1. The molecular formula is C14H22N4O. The first kappa shape index (κ1) is 13.8. The van der Waals surface area contributed by atoms with Gasteiger partial charge in [-0.25, -0.2) is 0 Å². The molecular weight excluding hydrogens is 240 g/mol. The van der Waals surface area contributed by atoms with Gasteiger partial charge in [0, 0.05) is 38.6 Å². The second kappa shape index (κ2) is 5.57. The number of rotatable bonds is 4. The first-order chi connectivity index (χ1) is 8.97. The van der Waals surface area contributed by atoms with Crippen molar-refractivity contribution in [1.29, 1.82) is 0 Å². The van der Waals surface area contributed by atoms with E-state index in [0.717, 1.165) is 42.8 Å². The summed E-state index contributed by atoms with van der Waals surface area (Å²) in [6.45, 7) is 1.75. The lowest BCUT2D eigenvalue weighted by atomic mass is 9.92. The summed E-state index contributed by atoms with van der Waals surface area (Å²) in [5.74, 6) is 0.131. The molecule has 1 aliphatic carbocycles. The van der Waals surface area contributed by atoms with Gasteiger partial charge in [-0.1, -0.05) is 0 Å². The van der Waals surface area contributed by atoms with Crippen LogP contribution in [0.2, 0.25) is 0 Å². The van der Waals surface area contributed by atoms with E-state index >= 15 is 0 Å². The molecule has 0 spiro atoms. The molecule has 0 amide bonds. The van der Waals surface area contributed by atoms with Crippen molar-refractivity contribution in [3.63, 3.8) is 0 Å². The molecule has 0 aromatic carbocycles. The number of allylic oxidation sites excluding steroid dienone is 1. The average Bonchev–Trinajstić information content (AvgIpc) is 2.74. The minimum Gasteiger partial charge on any atom is -0.383 e. The molecule has 1 aromatic rings. The molecule has 0 aliphatic heterocycles. The molecule has 1 heterocycles. The van der Waals surface area contributed by atoms with Gasteiger partial charge in [0.05, 0.1) is 17.8 Å². The summed E-state index contributed by atoms with van der Waals surface area (Å²) < 4.78 is 1.89. The lowest BCUT2D eigenvalue weighted by molar-refractivity contribution is 0.102. The lowest BCUT2D eigenvalue weighted by Crippen LogP contribution is -2.18. The van der Waals surface area contributed by atoms with Crippen molar-refractivity contribution in [3.05, 3.63) is 29.2 Å². The molecule has 0 atom stereocenters. The number of aryl methyl sites for hydroxylation is 1. The van der Waals surface area contributed by atoms with Crippen molar-refractivity contribution in [1.82, 2.24) is 19.6 Å². The van der Waals surface area contributed by atoms with E-state index in [0.29, 0.717) is 0 Å². The maximum atomic E-state index is 12.3. The van der Waals surface area contributed by atoms with Crippen molar-refractivity contribution in [2.45, 2.75) is 19.4 Å². The smallest absolute Gasteiger partial charge is 0.193 e. The van der Waals surface area contributed by atoms with E-state index in [2.05, 4.69) is 10.00 Å². The van der Waals surface area contributed by atoms with Crippen LogP contribution in [-0.2, 0) is 13.0 Å². The van der Waals surface area contributed by atoms with Gasteiger partial charge in [0.1, 0.15) is 0 Å². The Morgan fingerprint density at radius 3 is 2.68 bits per heavy atom. The van der Waals surface area contributed by atoms with E-state index < -0.39 is 0 Å². The van der Waals surface area contributed by atoms with Gasteiger partial charge in [-0.3, -0.25) is 9.48 Å². The summed E-state index contributed by atoms with van der Waals surface area (Å²) in [6.07, 6.45) is 5.46. The maximum absolute atomic E-state index is 12.3. The molecule has 19 heavy (non-hydrogen) atoms. The van der Waals surface area contributed by atoms with E-state index in [9.17, 15) is 4.79 Å². The van der Waals surface area contributed by atoms with Crippen LogP contribution in [-0.4, -0.2) is 60.1 Å². The molecule has 5 nitrogen and oxygen atoms in total. The number of fused-ring (bicyclic) bond motifs is 1. The predicted octanol–water partition coefficient (Wildman–Crippen LogP) is 1.02. The third kappa shape index (κ3) is 3.23. The van der Waals surface area contributed by atoms with Gasteiger partial charge in [0.2, 0.25) is 0 Å². The molecule has 104 valence electrons. The van der Waals surface area contributed by atoms with Gasteiger partial charge in [-0.05, 0) is 26.9 Å². The van der Waals surface area contributed by atoms with Gasteiger partial charge in [-0.15, -0.1) is 0 Å². The molecule has 0 saturated heterocycles. The zero-order valence-corrected chi connectivity index (χ0v) is 12.2. The Morgan fingerprint density at radius 1 is 1.32 bits per heavy atom. The van der Waals surface area contributed by atoms with Gasteiger partial charge in [-0.2, -0.15) is 5.10 Å². The van der Waals surface area contributed by atoms with Gasteiger partial charge < -0.3 is 9.80 Å². The quantitative estimate of drug-likeness (QED) is 0.760. The van der Waals surface area contributed by atoms with Crippen molar-refractivity contribution >= 4 is 5.78 Å². The zero-order valence-electron chi connectivity index (χ0n) is 12.2. The normalized spacial score (nSPS) is 17.1. The van der Waals surface area contributed by atoms with Crippen molar-refractivity contribution in [3.8, 4) is 0 Å². The van der Waals surface area contributed by atoms with Crippen LogP contribution in [0.3, 0.4) is 0 Å². The van der Waals surface area contributed by atoms with Crippen LogP contribution in [0, 0.1) is 0 Å². The fourth-order valence-corrected chi connectivity index (χ4v) is 2.23. The number of ketones is 1. The SMILES string of the molecule is CN(C)C=C1CCc2nn(CCN(C)C)cc2C1=O. The second-order valence-corrected chi connectivity index (χ2v) is 5.50. The Labute approximate surface area is 114 Å². The van der Waals surface area contributed by atoms with E-state index in [4.69, 9.17) is 0 Å². The van der Waals surface area contributed by atoms with Gasteiger partial charge in [0.25, 0.3) is 0 Å². The summed E-state index contributed by atoms with van der Waals surface area (Å²) in [5.41, 5.74) is 2.60. The molecule has 1 aromatic heterocycles. The summed E-state index contributed by atoms with van der Waals surface area (Å²) in [7, 11) is 7.95. The van der Waals surface area contributed by atoms with Crippen molar-refractivity contribution in [2.75, 3.05) is 34.7 Å². The molecule has 5 heteroatoms. The topological polar surface area (TPSA) is 41.4 Å². The summed E-state index contributed by atoms with van der Waals surface area (Å²) in [5, 5.41) is 4.52. The number of carbonyl (C=O) groups is 1. The summed E-state index contributed by atoms with van der Waals surface area (Å²) in [6, 6.07) is 0. The lowest BCUT2D eigenvalue weighted by Gasteiger charge is -2.14. The highest BCUT2D eigenvalue weighted by Crippen LogP contribution is 2.24. The number of nitrogens with zero attached hydrogens (tertiary/aromatic N) is 4. The van der Waals surface area contributed by atoms with E-state index in [-0.39, 0.29) is 5.78 Å². The largest absolute Gasteiger partial charge is 0.383 e. The van der Waals surface area contributed by atoms with Crippen LogP contribution >= 0.6 is 0 Å². The van der Waals surface area contributed by atoms with Crippen LogP contribution in [0.1, 0.15) is 22.5 Å². The van der Waals surface area contributed by atoms with Crippen molar-refractivity contribution in [2.24, 2.45) is 0 Å². The summed E-state index contributed by atoms with van der Waals surface area (Å²) >= 11 is 0. The van der Waals surface area contributed by atoms with Gasteiger partial charge >= 0.3 is 0 Å². The van der Waals surface area contributed by atoms with Crippen LogP contribution in [0.5, 0.6) is 0 Å². The monoisotopic (exact) mass is 262 g/mol. The first-order valence-corrected chi connectivity index (χ1v) is 6.60. The zero-order chi connectivity index (χ0) is 14.0. The minimum atomic E-state index is 0.131. The van der Waals surface area contributed by atoms with Gasteiger partial charge in [0.15, 0.2) is 5.78 Å². The number of hydrogen-bond donors (Lipinski definition) is 0. The Morgan fingerprint density at radius 2 is 2.05 bits per heavy atom. The number of likely N-dealkylation sites (N-methyl/N-ethyl adjacent to an activating group) is 1. The molecule has 1 aliphatic rings. The Hall–Kier alpha value is -1.62. The standard InChI is InChI=1S/C14H22N4O/c1-16(2)7-8-18-10-12-13(15-18)6-5-11(14(12)19)9-17(3)4/h9-10H,5-8H2,1-4H3. The number of Topliss-reactive ketones (excluding diaryl/α,β-unsaturated/α-hetero) is 1. The molecule has 0 N–H and O–H groups in total. The van der Waals surface area contributed by atoms with Crippen LogP contribution in [0.4, 0.5) is 0 Å². The average molecular weight is 262 g/mol. The molecule has 0 unspecified atom stereocenters. The molecule has 0 fully saturated rings. The van der Waals surface area contributed by atoms with Crippen LogP contribution in [0.15, 0.2) is 18.0 Å². The molecule has 0 bridgehead atoms. The van der Waals surface area contributed by atoms with E-state index in [1.165, 1.54) is 0 Å². The third-order valence-corrected chi connectivity index (χ3v) is 3.20. The van der Waals surface area contributed by atoms with E-state index in [1.807, 2.05) is 50.2 Å².